The minimum atomic E-state index is -3.81. The minimum absolute atomic E-state index is 0.0457. The first kappa shape index (κ1) is 15.9. The average molecular weight is 444 g/mol. The van der Waals surface area contributed by atoms with Crippen LogP contribution >= 0.6 is 43.2 Å². The summed E-state index contributed by atoms with van der Waals surface area (Å²) in [4.78, 5) is 0.687. The zero-order chi connectivity index (χ0) is 14.9. The average Bonchev–Trinajstić information content (AvgIpc) is 2.77. The van der Waals surface area contributed by atoms with Gasteiger partial charge in [-0.05, 0) is 55.4 Å². The van der Waals surface area contributed by atoms with E-state index in [-0.39, 0.29) is 21.6 Å². The Labute approximate surface area is 136 Å². The maximum absolute atomic E-state index is 13.3. The molecular weight excluding hydrogens is 435 g/mol. The van der Waals surface area contributed by atoms with Crippen molar-refractivity contribution in [3.05, 3.63) is 43.2 Å². The molecule has 0 radical (unpaired) electrons. The summed E-state index contributed by atoms with van der Waals surface area (Å²) in [6.07, 6.45) is 0. The molecule has 1 heterocycles. The van der Waals surface area contributed by atoms with Crippen LogP contribution in [0.25, 0.3) is 0 Å². The van der Waals surface area contributed by atoms with Crippen LogP contribution in [0.3, 0.4) is 0 Å². The number of halogens is 3. The molecule has 0 saturated heterocycles. The largest absolute Gasteiger partial charge is 0.398 e. The third kappa shape index (κ3) is 3.40. The van der Waals surface area contributed by atoms with Gasteiger partial charge in [-0.25, -0.2) is 17.5 Å². The lowest BCUT2D eigenvalue weighted by molar-refractivity contribution is 0.581. The van der Waals surface area contributed by atoms with Crippen LogP contribution in [0, 0.1) is 5.82 Å². The molecule has 1 aromatic carbocycles. The van der Waals surface area contributed by atoms with E-state index >= 15 is 0 Å². The standard InChI is InChI=1S/C11H9Br2FN2O2S2/c12-6-1-2-19-10(6)5-16-20(17,18)11-3-7(13)8(14)4-9(11)15/h1-4,16H,5,15H2. The molecule has 20 heavy (non-hydrogen) atoms. The highest BCUT2D eigenvalue weighted by molar-refractivity contribution is 9.10. The molecule has 0 atom stereocenters. The van der Waals surface area contributed by atoms with Crippen molar-refractivity contribution in [1.29, 1.82) is 0 Å². The lowest BCUT2D eigenvalue weighted by Gasteiger charge is -2.09. The van der Waals surface area contributed by atoms with Gasteiger partial charge in [0.2, 0.25) is 10.0 Å². The lowest BCUT2D eigenvalue weighted by Crippen LogP contribution is -2.24. The van der Waals surface area contributed by atoms with Gasteiger partial charge in [0.25, 0.3) is 0 Å². The van der Waals surface area contributed by atoms with Gasteiger partial charge in [0.15, 0.2) is 0 Å². The minimum Gasteiger partial charge on any atom is -0.398 e. The fraction of sp³-hybridized carbons (Fsp3) is 0.0909. The maximum Gasteiger partial charge on any atom is 0.242 e. The summed E-state index contributed by atoms with van der Waals surface area (Å²) in [5.74, 6) is -0.609. The third-order valence-electron chi connectivity index (χ3n) is 2.46. The molecule has 108 valence electrons. The molecule has 0 fully saturated rings. The van der Waals surface area contributed by atoms with Crippen molar-refractivity contribution in [2.24, 2.45) is 0 Å². The summed E-state index contributed by atoms with van der Waals surface area (Å²) in [7, 11) is -3.81. The normalized spacial score (nSPS) is 11.8. The summed E-state index contributed by atoms with van der Waals surface area (Å²) in [5.41, 5.74) is 5.43. The molecule has 1 aromatic heterocycles. The van der Waals surface area contributed by atoms with E-state index in [0.29, 0.717) is 0 Å². The van der Waals surface area contributed by atoms with Gasteiger partial charge >= 0.3 is 0 Å². The van der Waals surface area contributed by atoms with Crippen molar-refractivity contribution in [2.75, 3.05) is 5.73 Å². The van der Waals surface area contributed by atoms with Crippen LogP contribution in [-0.2, 0) is 16.6 Å². The Bertz CT molecular complexity index is 747. The first-order valence-electron chi connectivity index (χ1n) is 5.27. The van der Waals surface area contributed by atoms with Gasteiger partial charge in [-0.15, -0.1) is 11.3 Å². The SMILES string of the molecule is Nc1cc(F)c(Br)cc1S(=O)(=O)NCc1sccc1Br. The maximum atomic E-state index is 13.3. The van der Waals surface area contributed by atoms with Crippen LogP contribution in [0.15, 0.2) is 37.4 Å². The van der Waals surface area contributed by atoms with Crippen LogP contribution in [0.2, 0.25) is 0 Å². The highest BCUT2D eigenvalue weighted by Gasteiger charge is 2.20. The zero-order valence-electron chi connectivity index (χ0n) is 9.86. The second-order valence-corrected chi connectivity index (χ2v) is 8.27. The molecule has 9 heteroatoms. The second kappa shape index (κ2) is 6.10. The number of nitrogens with two attached hydrogens (primary N) is 1. The van der Waals surface area contributed by atoms with Crippen molar-refractivity contribution in [3.63, 3.8) is 0 Å². The van der Waals surface area contributed by atoms with Gasteiger partial charge in [0.1, 0.15) is 10.7 Å². The van der Waals surface area contributed by atoms with Crippen LogP contribution < -0.4 is 10.5 Å². The van der Waals surface area contributed by atoms with E-state index in [1.807, 2.05) is 11.4 Å². The van der Waals surface area contributed by atoms with Crippen LogP contribution in [0.4, 0.5) is 10.1 Å². The predicted molar refractivity (Wildman–Crippen MR) is 84.6 cm³/mol. The second-order valence-electron chi connectivity index (χ2n) is 3.82. The molecule has 0 aliphatic heterocycles. The molecule has 0 bridgehead atoms. The monoisotopic (exact) mass is 442 g/mol. The number of hydrogen-bond donors (Lipinski definition) is 2. The molecule has 0 spiro atoms. The molecule has 0 saturated carbocycles. The number of thiophene rings is 1. The Balaban J connectivity index is 2.27. The molecule has 3 N–H and O–H groups in total. The van der Waals surface area contributed by atoms with Crippen LogP contribution in [0.5, 0.6) is 0 Å². The lowest BCUT2D eigenvalue weighted by atomic mass is 10.3. The Morgan fingerprint density at radius 2 is 2.00 bits per heavy atom. The van der Waals surface area contributed by atoms with Crippen molar-refractivity contribution < 1.29 is 12.8 Å². The molecule has 0 amide bonds. The number of hydrogen-bond acceptors (Lipinski definition) is 4. The quantitative estimate of drug-likeness (QED) is 0.710. The number of nitrogen functional groups attached to an aromatic ring is 1. The van der Waals surface area contributed by atoms with Gasteiger partial charge in [0, 0.05) is 15.9 Å². The molecular formula is C11H9Br2FN2O2S2. The van der Waals surface area contributed by atoms with Crippen molar-refractivity contribution in [1.82, 2.24) is 4.72 Å². The van der Waals surface area contributed by atoms with Crippen molar-refractivity contribution in [3.8, 4) is 0 Å². The smallest absolute Gasteiger partial charge is 0.242 e. The topological polar surface area (TPSA) is 72.2 Å². The van der Waals surface area contributed by atoms with E-state index in [2.05, 4.69) is 36.6 Å². The van der Waals surface area contributed by atoms with Gasteiger partial charge in [0.05, 0.1) is 10.2 Å². The molecule has 2 aromatic rings. The van der Waals surface area contributed by atoms with Gasteiger partial charge in [-0.3, -0.25) is 0 Å². The molecule has 0 aliphatic carbocycles. The number of rotatable bonds is 4. The number of sulfonamides is 1. The summed E-state index contributed by atoms with van der Waals surface area (Å²) in [5, 5.41) is 1.84. The fourth-order valence-electron chi connectivity index (χ4n) is 1.47. The summed E-state index contributed by atoms with van der Waals surface area (Å²) < 4.78 is 40.9. The van der Waals surface area contributed by atoms with E-state index < -0.39 is 15.8 Å². The Hall–Kier alpha value is -0.480. The Kier molecular flexibility index (Phi) is 4.85. The molecule has 0 unspecified atom stereocenters. The Morgan fingerprint density at radius 1 is 1.30 bits per heavy atom. The molecule has 0 aliphatic rings. The summed E-state index contributed by atoms with van der Waals surface area (Å²) >= 11 is 7.69. The van der Waals surface area contributed by atoms with Crippen molar-refractivity contribution >= 4 is 58.9 Å². The Morgan fingerprint density at radius 3 is 2.60 bits per heavy atom. The highest BCUT2D eigenvalue weighted by atomic mass is 79.9. The number of anilines is 1. The van der Waals surface area contributed by atoms with Gasteiger partial charge < -0.3 is 5.73 Å². The number of nitrogens with one attached hydrogen (secondary N) is 1. The number of benzene rings is 1. The summed E-state index contributed by atoms with van der Waals surface area (Å²) in [6.45, 7) is 0.134. The summed E-state index contributed by atoms with van der Waals surface area (Å²) in [6, 6.07) is 3.95. The van der Waals surface area contributed by atoms with Gasteiger partial charge in [-0.1, -0.05) is 0 Å². The van der Waals surface area contributed by atoms with Crippen LogP contribution in [-0.4, -0.2) is 8.42 Å². The first-order valence-corrected chi connectivity index (χ1v) is 9.22. The van der Waals surface area contributed by atoms with Crippen molar-refractivity contribution in [2.45, 2.75) is 11.4 Å². The van der Waals surface area contributed by atoms with E-state index in [9.17, 15) is 12.8 Å². The molecule has 4 nitrogen and oxygen atoms in total. The van der Waals surface area contributed by atoms with E-state index in [4.69, 9.17) is 5.73 Å². The van der Waals surface area contributed by atoms with E-state index in [1.165, 1.54) is 11.3 Å². The predicted octanol–water partition coefficient (Wildman–Crippen LogP) is 3.47. The van der Waals surface area contributed by atoms with Crippen LogP contribution in [0.1, 0.15) is 4.88 Å². The molecule has 2 rings (SSSR count). The van der Waals surface area contributed by atoms with Gasteiger partial charge in [-0.2, -0.15) is 0 Å². The fourth-order valence-corrected chi connectivity index (χ4v) is 4.62. The zero-order valence-corrected chi connectivity index (χ0v) is 14.7. The highest BCUT2D eigenvalue weighted by Crippen LogP contribution is 2.27. The van der Waals surface area contributed by atoms with E-state index in [1.54, 1.807) is 0 Å². The third-order valence-corrected chi connectivity index (χ3v) is 6.45. The first-order chi connectivity index (χ1) is 9.31. The van der Waals surface area contributed by atoms with E-state index in [0.717, 1.165) is 21.5 Å².